The van der Waals surface area contributed by atoms with E-state index in [0.717, 1.165) is 11.1 Å². The first kappa shape index (κ1) is 23.7. The molecule has 0 bridgehead atoms. The fourth-order valence-corrected chi connectivity index (χ4v) is 4.35. The summed E-state index contributed by atoms with van der Waals surface area (Å²) in [6.45, 7) is 0.621. The van der Waals surface area contributed by atoms with Gasteiger partial charge in [0.2, 0.25) is 5.95 Å². The minimum atomic E-state index is -0.137. The van der Waals surface area contributed by atoms with Crippen LogP contribution in [0, 0.1) is 0 Å². The number of benzene rings is 2. The van der Waals surface area contributed by atoms with Crippen LogP contribution in [0.3, 0.4) is 0 Å². The molecule has 0 aliphatic carbocycles. The first-order valence-electron chi connectivity index (χ1n) is 10.7. The number of carbonyl (C=O) groups excluding carboxylic acids is 1. The molecule has 2 aromatic carbocycles. The Kier molecular flexibility index (Phi) is 7.10. The molecule has 0 N–H and O–H groups in total. The number of ketones is 1. The molecule has 0 fully saturated rings. The van der Waals surface area contributed by atoms with E-state index in [9.17, 15) is 9.59 Å². The summed E-state index contributed by atoms with van der Waals surface area (Å²) in [5.41, 5.74) is 2.87. The first-order valence-corrected chi connectivity index (χ1v) is 11.1. The summed E-state index contributed by atoms with van der Waals surface area (Å²) in [4.78, 5) is 37.1. The minimum Gasteiger partial charge on any atom is -0.327 e. The summed E-state index contributed by atoms with van der Waals surface area (Å²) < 4.78 is 1.65. The topological polar surface area (TPSA) is 68.1 Å². The van der Waals surface area contributed by atoms with E-state index in [1.165, 1.54) is 0 Å². The van der Waals surface area contributed by atoms with Crippen LogP contribution in [0.1, 0.15) is 28.4 Å². The van der Waals surface area contributed by atoms with Gasteiger partial charge in [0.15, 0.2) is 5.78 Å². The molecule has 4 aromatic rings. The highest BCUT2D eigenvalue weighted by Gasteiger charge is 2.31. The fourth-order valence-electron chi connectivity index (χ4n) is 4.22. The normalized spacial score (nSPS) is 14.7. The fraction of sp³-hybridized carbons (Fsp3) is 0.154. The van der Waals surface area contributed by atoms with Crippen molar-refractivity contribution < 1.29 is 4.79 Å². The second-order valence-corrected chi connectivity index (χ2v) is 8.38. The maximum Gasteiger partial charge on any atom is 0.255 e. The van der Waals surface area contributed by atoms with Gasteiger partial charge < -0.3 is 4.90 Å². The van der Waals surface area contributed by atoms with E-state index in [1.807, 2.05) is 47.4 Å². The molecule has 1 aliphatic heterocycles. The second-order valence-electron chi connectivity index (χ2n) is 7.94. The molecule has 3 heterocycles. The zero-order valence-corrected chi connectivity index (χ0v) is 19.7. The summed E-state index contributed by atoms with van der Waals surface area (Å²) in [6.07, 6.45) is 4.03. The van der Waals surface area contributed by atoms with Gasteiger partial charge in [-0.3, -0.25) is 19.1 Å². The molecule has 2 aromatic heterocycles. The van der Waals surface area contributed by atoms with Crippen molar-refractivity contribution in [3.8, 4) is 11.3 Å². The van der Waals surface area contributed by atoms with E-state index in [1.54, 1.807) is 47.3 Å². The number of anilines is 1. The number of hydrogen-bond donors (Lipinski definition) is 0. The van der Waals surface area contributed by atoms with Crippen LogP contribution in [0.25, 0.3) is 11.3 Å². The van der Waals surface area contributed by atoms with Crippen molar-refractivity contribution in [1.82, 2.24) is 14.5 Å². The van der Waals surface area contributed by atoms with E-state index in [4.69, 9.17) is 16.6 Å². The Morgan fingerprint density at radius 3 is 2.41 bits per heavy atom. The number of halogens is 2. The summed E-state index contributed by atoms with van der Waals surface area (Å²) >= 11 is 6.00. The largest absolute Gasteiger partial charge is 0.327 e. The molecule has 172 valence electrons. The Morgan fingerprint density at radius 2 is 1.71 bits per heavy atom. The lowest BCUT2D eigenvalue weighted by molar-refractivity contribution is 0.0994. The Labute approximate surface area is 208 Å². The molecular formula is C26H22Cl2N4O2. The number of fused-ring (bicyclic) bond motifs is 1. The van der Waals surface area contributed by atoms with Gasteiger partial charge >= 0.3 is 0 Å². The number of Topliss-reactive ketones (excluding diaryl/α,β-unsaturated/α-hetero) is 1. The molecule has 0 saturated carbocycles. The van der Waals surface area contributed by atoms with Crippen LogP contribution in [-0.2, 0) is 6.54 Å². The second kappa shape index (κ2) is 10.2. The third kappa shape index (κ3) is 4.74. The lowest BCUT2D eigenvalue weighted by atomic mass is 9.99. The smallest absolute Gasteiger partial charge is 0.255 e. The molecule has 0 spiro atoms. The zero-order chi connectivity index (χ0) is 22.8. The van der Waals surface area contributed by atoms with Crippen LogP contribution >= 0.6 is 24.0 Å². The van der Waals surface area contributed by atoms with Crippen LogP contribution in [0.2, 0.25) is 5.02 Å². The SMILES string of the molecule is Cl.O=C(CN1c2nc(-c3ccncc3)cc(=O)n2CCC1c1ccccc1)c1ccc(Cl)cc1. The Hall–Kier alpha value is -3.48. The van der Waals surface area contributed by atoms with Crippen LogP contribution in [0.5, 0.6) is 0 Å². The van der Waals surface area contributed by atoms with Gasteiger partial charge in [-0.15, -0.1) is 12.4 Å². The standard InChI is InChI=1S/C26H21ClN4O2.ClH/c27-21-8-6-20(7-9-21)24(32)17-31-23(19-4-2-1-3-5-19)12-15-30-25(33)16-22(29-26(30)31)18-10-13-28-14-11-18;/h1-11,13-14,16,23H,12,15,17H2;1H. The van der Waals surface area contributed by atoms with E-state index >= 15 is 0 Å². The number of nitrogens with zero attached hydrogens (tertiary/aromatic N) is 4. The predicted octanol–water partition coefficient (Wildman–Crippen LogP) is 5.21. The number of carbonyl (C=O) groups is 1. The molecule has 1 unspecified atom stereocenters. The van der Waals surface area contributed by atoms with Crippen molar-refractivity contribution in [2.24, 2.45) is 0 Å². The highest BCUT2D eigenvalue weighted by molar-refractivity contribution is 6.30. The summed E-state index contributed by atoms with van der Waals surface area (Å²) in [7, 11) is 0. The van der Waals surface area contributed by atoms with Crippen molar-refractivity contribution in [2.45, 2.75) is 19.0 Å². The number of pyridine rings is 1. The van der Waals surface area contributed by atoms with Crippen molar-refractivity contribution in [2.75, 3.05) is 11.4 Å². The van der Waals surface area contributed by atoms with Gasteiger partial charge in [-0.25, -0.2) is 4.98 Å². The maximum atomic E-state index is 13.2. The first-order chi connectivity index (χ1) is 16.1. The molecule has 0 saturated heterocycles. The number of hydrogen-bond acceptors (Lipinski definition) is 5. The van der Waals surface area contributed by atoms with Gasteiger partial charge in [0.1, 0.15) is 0 Å². The molecule has 1 aliphatic rings. The van der Waals surface area contributed by atoms with Gasteiger partial charge in [0.25, 0.3) is 5.56 Å². The molecule has 0 radical (unpaired) electrons. The van der Waals surface area contributed by atoms with E-state index < -0.39 is 0 Å². The summed E-state index contributed by atoms with van der Waals surface area (Å²) in [6, 6.07) is 22.0. The third-order valence-electron chi connectivity index (χ3n) is 5.89. The van der Waals surface area contributed by atoms with Gasteiger partial charge in [-0.05, 0) is 48.4 Å². The Bertz CT molecular complexity index is 1340. The number of aromatic nitrogens is 3. The minimum absolute atomic E-state index is 0. The lowest BCUT2D eigenvalue weighted by Gasteiger charge is -2.38. The van der Waals surface area contributed by atoms with E-state index in [-0.39, 0.29) is 36.3 Å². The molecule has 34 heavy (non-hydrogen) atoms. The molecule has 0 amide bonds. The quantitative estimate of drug-likeness (QED) is 0.357. The molecule has 6 nitrogen and oxygen atoms in total. The average molecular weight is 493 g/mol. The monoisotopic (exact) mass is 492 g/mol. The van der Waals surface area contributed by atoms with Crippen molar-refractivity contribution in [3.63, 3.8) is 0 Å². The van der Waals surface area contributed by atoms with E-state index in [2.05, 4.69) is 4.98 Å². The maximum absolute atomic E-state index is 13.2. The molecule has 8 heteroatoms. The number of rotatable bonds is 5. The predicted molar refractivity (Wildman–Crippen MR) is 136 cm³/mol. The van der Waals surface area contributed by atoms with Crippen molar-refractivity contribution >= 4 is 35.7 Å². The van der Waals surface area contributed by atoms with Crippen LogP contribution < -0.4 is 10.5 Å². The van der Waals surface area contributed by atoms with Crippen molar-refractivity contribution in [1.29, 1.82) is 0 Å². The molecular weight excluding hydrogens is 471 g/mol. The van der Waals surface area contributed by atoms with Gasteiger partial charge in [0.05, 0.1) is 18.3 Å². The van der Waals surface area contributed by atoms with Gasteiger partial charge in [0, 0.05) is 41.2 Å². The summed E-state index contributed by atoms with van der Waals surface area (Å²) in [5, 5.41) is 0.576. The molecule has 1 atom stereocenters. The van der Waals surface area contributed by atoms with E-state index in [0.29, 0.717) is 35.2 Å². The lowest BCUT2D eigenvalue weighted by Crippen LogP contribution is -2.43. The third-order valence-corrected chi connectivity index (χ3v) is 6.14. The van der Waals surface area contributed by atoms with Crippen LogP contribution in [0.15, 0.2) is 90.0 Å². The van der Waals surface area contributed by atoms with Gasteiger partial charge in [-0.1, -0.05) is 41.9 Å². The van der Waals surface area contributed by atoms with Crippen molar-refractivity contribution in [3.05, 3.63) is 112 Å². The highest BCUT2D eigenvalue weighted by atomic mass is 35.5. The van der Waals surface area contributed by atoms with Gasteiger partial charge in [-0.2, -0.15) is 0 Å². The zero-order valence-electron chi connectivity index (χ0n) is 18.2. The molecule has 5 rings (SSSR count). The highest BCUT2D eigenvalue weighted by Crippen LogP contribution is 2.34. The van der Waals surface area contributed by atoms with Crippen LogP contribution in [-0.4, -0.2) is 26.9 Å². The Balaban J connectivity index is 0.00000274. The van der Waals surface area contributed by atoms with Crippen LogP contribution in [0.4, 0.5) is 5.95 Å². The summed E-state index contributed by atoms with van der Waals surface area (Å²) in [5.74, 6) is 0.432. The average Bonchev–Trinajstić information content (AvgIpc) is 2.85. The Morgan fingerprint density at radius 1 is 1.00 bits per heavy atom.